The number of nitrogens with zero attached hydrogens (tertiary/aromatic N) is 2. The summed E-state index contributed by atoms with van der Waals surface area (Å²) in [6.45, 7) is 7.56. The Kier molecular flexibility index (Phi) is 6.68. The molecule has 4 rings (SSSR count). The van der Waals surface area contributed by atoms with Gasteiger partial charge in [-0.15, -0.1) is 6.58 Å². The van der Waals surface area contributed by atoms with Crippen LogP contribution in [0.5, 0.6) is 0 Å². The Labute approximate surface area is 199 Å². The third-order valence-electron chi connectivity index (χ3n) is 5.88. The highest BCUT2D eigenvalue weighted by atomic mass is 16.5. The number of hydrogen-bond acceptors (Lipinski definition) is 5. The van der Waals surface area contributed by atoms with Crippen LogP contribution in [-0.2, 0) is 21.5 Å². The fourth-order valence-electron chi connectivity index (χ4n) is 4.19. The van der Waals surface area contributed by atoms with Crippen LogP contribution in [0.1, 0.15) is 40.9 Å². The predicted octanol–water partition coefficient (Wildman–Crippen LogP) is 4.64. The van der Waals surface area contributed by atoms with Crippen LogP contribution in [-0.4, -0.2) is 36.2 Å². The SMILES string of the molecule is C=CCNC(=O)c1cnc2c(C3(COC(C)=O)C=C(c4ccccc4CC)C=N3)cccc2c1. The van der Waals surface area contributed by atoms with Crippen molar-refractivity contribution >= 4 is 34.6 Å². The van der Waals surface area contributed by atoms with E-state index in [9.17, 15) is 9.59 Å². The molecule has 6 nitrogen and oxygen atoms in total. The van der Waals surface area contributed by atoms with Crippen molar-refractivity contribution in [3.8, 4) is 0 Å². The lowest BCUT2D eigenvalue weighted by Gasteiger charge is -2.25. The van der Waals surface area contributed by atoms with Crippen molar-refractivity contribution in [3.05, 3.63) is 95.7 Å². The summed E-state index contributed by atoms with van der Waals surface area (Å²) in [4.78, 5) is 33.6. The molecule has 0 saturated heterocycles. The third-order valence-corrected chi connectivity index (χ3v) is 5.88. The van der Waals surface area contributed by atoms with Gasteiger partial charge in [-0.1, -0.05) is 55.5 Å². The number of para-hydroxylation sites is 1. The lowest BCUT2D eigenvalue weighted by Crippen LogP contribution is -2.28. The number of amides is 1. The maximum absolute atomic E-state index is 12.4. The van der Waals surface area contributed by atoms with Crippen LogP contribution in [0.2, 0.25) is 0 Å². The summed E-state index contributed by atoms with van der Waals surface area (Å²) in [6, 6.07) is 15.8. The predicted molar refractivity (Wildman–Crippen MR) is 135 cm³/mol. The van der Waals surface area contributed by atoms with Crippen LogP contribution in [0.4, 0.5) is 0 Å². The first kappa shape index (κ1) is 23.1. The van der Waals surface area contributed by atoms with Crippen LogP contribution in [0, 0.1) is 0 Å². The molecule has 0 spiro atoms. The van der Waals surface area contributed by atoms with Crippen molar-refractivity contribution in [2.75, 3.05) is 13.2 Å². The Balaban J connectivity index is 1.82. The van der Waals surface area contributed by atoms with Gasteiger partial charge in [-0.2, -0.15) is 0 Å². The lowest BCUT2D eigenvalue weighted by molar-refractivity contribution is -0.142. The maximum Gasteiger partial charge on any atom is 0.302 e. The van der Waals surface area contributed by atoms with Crippen LogP contribution in [0.15, 0.2) is 78.5 Å². The topological polar surface area (TPSA) is 80.6 Å². The first-order valence-corrected chi connectivity index (χ1v) is 11.3. The number of ether oxygens (including phenoxy) is 1. The maximum atomic E-state index is 12.4. The van der Waals surface area contributed by atoms with Gasteiger partial charge in [0.25, 0.3) is 5.91 Å². The molecular formula is C28H27N3O3. The molecule has 0 radical (unpaired) electrons. The van der Waals surface area contributed by atoms with E-state index in [0.717, 1.165) is 28.5 Å². The molecule has 6 heteroatoms. The molecule has 2 aromatic carbocycles. The number of pyridine rings is 1. The summed E-state index contributed by atoms with van der Waals surface area (Å²) in [7, 11) is 0. The van der Waals surface area contributed by atoms with Crippen molar-refractivity contribution < 1.29 is 14.3 Å². The quantitative estimate of drug-likeness (QED) is 0.398. The molecule has 1 N–H and O–H groups in total. The van der Waals surface area contributed by atoms with Crippen LogP contribution >= 0.6 is 0 Å². The Morgan fingerprint density at radius 3 is 2.76 bits per heavy atom. The summed E-state index contributed by atoms with van der Waals surface area (Å²) in [5.74, 6) is -0.591. The number of fused-ring (bicyclic) bond motifs is 1. The zero-order valence-corrected chi connectivity index (χ0v) is 19.4. The number of aryl methyl sites for hydroxylation is 1. The summed E-state index contributed by atoms with van der Waals surface area (Å²) in [6.07, 6.45) is 7.96. The standard InChI is InChI=1S/C28H27N3O3/c1-4-13-29-27(33)22-14-21-10-8-12-25(26(21)30-16-22)28(18-34-19(3)32)15-23(17-31-28)24-11-7-6-9-20(24)5-2/h4,6-12,14-17H,1,5,13,18H2,2-3H3,(H,29,33). The Hall–Kier alpha value is -4.06. The number of aromatic nitrogens is 1. The van der Waals surface area contributed by atoms with Gasteiger partial charge in [-0.05, 0) is 35.3 Å². The van der Waals surface area contributed by atoms with Gasteiger partial charge in [0.2, 0.25) is 0 Å². The summed E-state index contributed by atoms with van der Waals surface area (Å²) in [5.41, 5.74) is 4.35. The molecule has 1 amide bonds. The summed E-state index contributed by atoms with van der Waals surface area (Å²) < 4.78 is 5.48. The second-order valence-corrected chi connectivity index (χ2v) is 8.17. The normalized spacial score (nSPS) is 16.8. The molecule has 3 aromatic rings. The highest BCUT2D eigenvalue weighted by molar-refractivity contribution is 6.13. The number of rotatable bonds is 8. The average molecular weight is 454 g/mol. The van der Waals surface area contributed by atoms with E-state index in [4.69, 9.17) is 9.73 Å². The molecule has 34 heavy (non-hydrogen) atoms. The van der Waals surface area contributed by atoms with E-state index in [1.165, 1.54) is 12.5 Å². The smallest absolute Gasteiger partial charge is 0.302 e. The van der Waals surface area contributed by atoms with Crippen molar-refractivity contribution in [2.24, 2.45) is 4.99 Å². The molecule has 0 saturated carbocycles. The average Bonchev–Trinajstić information content (AvgIpc) is 3.30. The van der Waals surface area contributed by atoms with E-state index in [-0.39, 0.29) is 18.5 Å². The van der Waals surface area contributed by atoms with E-state index in [2.05, 4.69) is 35.9 Å². The first-order chi connectivity index (χ1) is 16.5. The molecule has 0 aliphatic carbocycles. The fraction of sp³-hybridized carbons (Fsp3) is 0.214. The monoisotopic (exact) mass is 453 g/mol. The molecule has 1 unspecified atom stereocenters. The van der Waals surface area contributed by atoms with Gasteiger partial charge in [0, 0.05) is 36.8 Å². The van der Waals surface area contributed by atoms with Gasteiger partial charge >= 0.3 is 5.97 Å². The second-order valence-electron chi connectivity index (χ2n) is 8.17. The van der Waals surface area contributed by atoms with Crippen molar-refractivity contribution in [1.82, 2.24) is 10.3 Å². The van der Waals surface area contributed by atoms with E-state index in [1.807, 2.05) is 42.6 Å². The molecular weight excluding hydrogens is 426 g/mol. The molecule has 1 atom stereocenters. The number of aliphatic imine (C=N–C) groups is 1. The minimum Gasteiger partial charge on any atom is -0.463 e. The summed E-state index contributed by atoms with van der Waals surface area (Å²) >= 11 is 0. The number of carbonyl (C=O) groups excluding carboxylic acids is 2. The number of benzene rings is 2. The lowest BCUT2D eigenvalue weighted by atomic mass is 9.87. The highest BCUT2D eigenvalue weighted by Crippen LogP contribution is 2.39. The fourth-order valence-corrected chi connectivity index (χ4v) is 4.19. The number of carbonyl (C=O) groups is 2. The zero-order chi connectivity index (χ0) is 24.1. The van der Waals surface area contributed by atoms with E-state index >= 15 is 0 Å². The Morgan fingerprint density at radius 1 is 1.18 bits per heavy atom. The number of nitrogens with one attached hydrogen (secondary N) is 1. The van der Waals surface area contributed by atoms with Crippen LogP contribution in [0.3, 0.4) is 0 Å². The van der Waals surface area contributed by atoms with Gasteiger partial charge in [0.1, 0.15) is 12.1 Å². The van der Waals surface area contributed by atoms with E-state index in [1.54, 1.807) is 18.3 Å². The third kappa shape index (κ3) is 4.53. The number of esters is 1. The number of hydrogen-bond donors (Lipinski definition) is 1. The first-order valence-electron chi connectivity index (χ1n) is 11.3. The minimum absolute atomic E-state index is 0.0546. The van der Waals surface area contributed by atoms with Gasteiger partial charge in [-0.25, -0.2) is 0 Å². The molecule has 1 aromatic heterocycles. The molecule has 0 bridgehead atoms. The minimum atomic E-state index is -0.916. The number of allylic oxidation sites excluding steroid dienone is 1. The van der Waals surface area contributed by atoms with Gasteiger partial charge in [0.05, 0.1) is 11.1 Å². The van der Waals surface area contributed by atoms with E-state index in [0.29, 0.717) is 17.6 Å². The Bertz CT molecular complexity index is 1330. The van der Waals surface area contributed by atoms with Crippen molar-refractivity contribution in [3.63, 3.8) is 0 Å². The van der Waals surface area contributed by atoms with Crippen molar-refractivity contribution in [1.29, 1.82) is 0 Å². The van der Waals surface area contributed by atoms with Crippen molar-refractivity contribution in [2.45, 2.75) is 25.8 Å². The van der Waals surface area contributed by atoms with E-state index < -0.39 is 5.54 Å². The molecule has 1 aliphatic rings. The summed E-state index contributed by atoms with van der Waals surface area (Å²) in [5, 5.41) is 3.57. The Morgan fingerprint density at radius 2 is 2.00 bits per heavy atom. The molecule has 172 valence electrons. The van der Waals surface area contributed by atoms with Crippen LogP contribution < -0.4 is 5.32 Å². The molecule has 2 heterocycles. The van der Waals surface area contributed by atoms with Gasteiger partial charge in [0.15, 0.2) is 0 Å². The second kappa shape index (κ2) is 9.83. The molecule has 1 aliphatic heterocycles. The van der Waals surface area contributed by atoms with Gasteiger partial charge in [-0.3, -0.25) is 19.6 Å². The molecule has 0 fully saturated rings. The zero-order valence-electron chi connectivity index (χ0n) is 19.4. The van der Waals surface area contributed by atoms with Crippen LogP contribution in [0.25, 0.3) is 16.5 Å². The highest BCUT2D eigenvalue weighted by Gasteiger charge is 2.36. The largest absolute Gasteiger partial charge is 0.463 e. The van der Waals surface area contributed by atoms with Gasteiger partial charge < -0.3 is 10.1 Å².